The summed E-state index contributed by atoms with van der Waals surface area (Å²) in [6, 6.07) is 4.18. The number of aromatic nitrogens is 1. The minimum absolute atomic E-state index is 1.04. The van der Waals surface area contributed by atoms with Crippen molar-refractivity contribution in [2.24, 2.45) is 5.92 Å². The second kappa shape index (κ2) is 4.59. The van der Waals surface area contributed by atoms with E-state index in [0.717, 1.165) is 5.92 Å². The van der Waals surface area contributed by atoms with E-state index >= 15 is 0 Å². The molecular formula is C13H19N. The Bertz CT molecular complexity index is 289. The van der Waals surface area contributed by atoms with Crippen LogP contribution in [0.3, 0.4) is 0 Å². The summed E-state index contributed by atoms with van der Waals surface area (Å²) in [5.74, 6) is 1.04. The van der Waals surface area contributed by atoms with Gasteiger partial charge in [0.15, 0.2) is 0 Å². The monoisotopic (exact) mass is 189 g/mol. The average Bonchev–Trinajstić information content (AvgIpc) is 2.12. The number of hydrogen-bond donors (Lipinski definition) is 0. The number of nitrogens with zero attached hydrogens (tertiary/aromatic N) is 1. The lowest BCUT2D eigenvalue weighted by atomic mass is 9.81. The Labute approximate surface area is 86.6 Å². The summed E-state index contributed by atoms with van der Waals surface area (Å²) in [6.07, 6.45) is 10.2. The number of rotatable bonds is 4. The Morgan fingerprint density at radius 2 is 2.29 bits per heavy atom. The number of pyridine rings is 1. The zero-order valence-electron chi connectivity index (χ0n) is 9.00. The van der Waals surface area contributed by atoms with E-state index in [1.807, 2.05) is 12.3 Å². The molecule has 1 aliphatic carbocycles. The van der Waals surface area contributed by atoms with E-state index < -0.39 is 0 Å². The lowest BCUT2D eigenvalue weighted by molar-refractivity contribution is 0.289. The van der Waals surface area contributed by atoms with Crippen LogP contribution in [-0.4, -0.2) is 4.98 Å². The standard InChI is InChI=1S/C13H19N/c1-11-5-4-10-14-13(11)9-3-8-12-6-2-7-12/h4-5,10,12H,2-3,6-9H2,1H3. The van der Waals surface area contributed by atoms with Crippen LogP contribution in [-0.2, 0) is 6.42 Å². The Hall–Kier alpha value is -0.850. The van der Waals surface area contributed by atoms with Gasteiger partial charge >= 0.3 is 0 Å². The molecule has 0 atom stereocenters. The smallest absolute Gasteiger partial charge is 0.0432 e. The Morgan fingerprint density at radius 3 is 2.93 bits per heavy atom. The van der Waals surface area contributed by atoms with Crippen LogP contribution in [0.25, 0.3) is 0 Å². The molecule has 0 radical (unpaired) electrons. The van der Waals surface area contributed by atoms with E-state index in [1.54, 1.807) is 0 Å². The molecule has 0 bridgehead atoms. The van der Waals surface area contributed by atoms with Gasteiger partial charge in [-0.15, -0.1) is 0 Å². The van der Waals surface area contributed by atoms with E-state index in [1.165, 1.54) is 49.8 Å². The van der Waals surface area contributed by atoms with Crippen molar-refractivity contribution in [3.05, 3.63) is 29.6 Å². The molecule has 1 aliphatic rings. The van der Waals surface area contributed by atoms with Gasteiger partial charge in [0.2, 0.25) is 0 Å². The molecule has 1 aromatic rings. The molecule has 1 saturated carbocycles. The van der Waals surface area contributed by atoms with Gasteiger partial charge in [0.25, 0.3) is 0 Å². The van der Waals surface area contributed by atoms with E-state index in [2.05, 4.69) is 18.0 Å². The van der Waals surface area contributed by atoms with Crippen LogP contribution in [0.2, 0.25) is 0 Å². The minimum Gasteiger partial charge on any atom is -0.261 e. The molecule has 0 unspecified atom stereocenters. The molecule has 1 aromatic heterocycles. The highest BCUT2D eigenvalue weighted by Crippen LogP contribution is 2.30. The molecule has 0 aliphatic heterocycles. The topological polar surface area (TPSA) is 12.9 Å². The minimum atomic E-state index is 1.04. The van der Waals surface area contributed by atoms with Gasteiger partial charge in [-0.3, -0.25) is 4.98 Å². The fourth-order valence-electron chi connectivity index (χ4n) is 2.12. The third-order valence-corrected chi connectivity index (χ3v) is 3.37. The van der Waals surface area contributed by atoms with E-state index in [-0.39, 0.29) is 0 Å². The molecule has 2 rings (SSSR count). The summed E-state index contributed by atoms with van der Waals surface area (Å²) >= 11 is 0. The molecule has 0 amide bonds. The van der Waals surface area contributed by atoms with Crippen LogP contribution >= 0.6 is 0 Å². The van der Waals surface area contributed by atoms with Crippen molar-refractivity contribution in [1.29, 1.82) is 0 Å². The van der Waals surface area contributed by atoms with Gasteiger partial charge < -0.3 is 0 Å². The molecule has 0 N–H and O–H groups in total. The Balaban J connectivity index is 1.76. The second-order valence-corrected chi connectivity index (χ2v) is 4.46. The predicted molar refractivity (Wildman–Crippen MR) is 59.3 cm³/mol. The normalized spacial score (nSPS) is 16.6. The van der Waals surface area contributed by atoms with Crippen molar-refractivity contribution in [2.45, 2.75) is 45.4 Å². The summed E-state index contributed by atoms with van der Waals surface area (Å²) in [6.45, 7) is 2.16. The first kappa shape index (κ1) is 9.70. The quantitative estimate of drug-likeness (QED) is 0.706. The zero-order valence-corrected chi connectivity index (χ0v) is 9.00. The van der Waals surface area contributed by atoms with Gasteiger partial charge in [-0.1, -0.05) is 31.7 Å². The highest BCUT2D eigenvalue weighted by molar-refractivity contribution is 5.17. The van der Waals surface area contributed by atoms with Gasteiger partial charge in [0, 0.05) is 11.9 Å². The SMILES string of the molecule is Cc1cccnc1CCCC1CCC1. The third kappa shape index (κ3) is 2.34. The lowest BCUT2D eigenvalue weighted by Gasteiger charge is -2.25. The summed E-state index contributed by atoms with van der Waals surface area (Å²) < 4.78 is 0. The second-order valence-electron chi connectivity index (χ2n) is 4.46. The maximum atomic E-state index is 4.42. The first-order valence-corrected chi connectivity index (χ1v) is 5.77. The van der Waals surface area contributed by atoms with Gasteiger partial charge in [-0.2, -0.15) is 0 Å². The average molecular weight is 189 g/mol. The van der Waals surface area contributed by atoms with Crippen molar-refractivity contribution < 1.29 is 0 Å². The summed E-state index contributed by atoms with van der Waals surface area (Å²) in [4.78, 5) is 4.42. The van der Waals surface area contributed by atoms with E-state index in [9.17, 15) is 0 Å². The van der Waals surface area contributed by atoms with Crippen LogP contribution in [0.1, 0.15) is 43.4 Å². The van der Waals surface area contributed by atoms with Crippen LogP contribution in [0, 0.1) is 12.8 Å². The molecule has 1 heteroatoms. The van der Waals surface area contributed by atoms with Gasteiger partial charge in [-0.25, -0.2) is 0 Å². The zero-order chi connectivity index (χ0) is 9.80. The van der Waals surface area contributed by atoms with Crippen LogP contribution < -0.4 is 0 Å². The number of aryl methyl sites for hydroxylation is 2. The van der Waals surface area contributed by atoms with Crippen LogP contribution in [0.4, 0.5) is 0 Å². The van der Waals surface area contributed by atoms with E-state index in [0.29, 0.717) is 0 Å². The molecule has 1 heterocycles. The van der Waals surface area contributed by atoms with Crippen molar-refractivity contribution in [3.63, 3.8) is 0 Å². The maximum Gasteiger partial charge on any atom is 0.0432 e. The maximum absolute atomic E-state index is 4.42. The third-order valence-electron chi connectivity index (χ3n) is 3.37. The highest BCUT2D eigenvalue weighted by Gasteiger charge is 2.16. The Morgan fingerprint density at radius 1 is 1.43 bits per heavy atom. The van der Waals surface area contributed by atoms with E-state index in [4.69, 9.17) is 0 Å². The largest absolute Gasteiger partial charge is 0.261 e. The summed E-state index contributed by atoms with van der Waals surface area (Å²) in [5, 5.41) is 0. The van der Waals surface area contributed by atoms with Crippen molar-refractivity contribution in [1.82, 2.24) is 4.98 Å². The summed E-state index contributed by atoms with van der Waals surface area (Å²) in [7, 11) is 0. The van der Waals surface area contributed by atoms with Crippen LogP contribution in [0.15, 0.2) is 18.3 Å². The fraction of sp³-hybridized carbons (Fsp3) is 0.615. The fourth-order valence-corrected chi connectivity index (χ4v) is 2.12. The molecule has 0 aromatic carbocycles. The summed E-state index contributed by atoms with van der Waals surface area (Å²) in [5.41, 5.74) is 2.65. The predicted octanol–water partition coefficient (Wildman–Crippen LogP) is 3.51. The molecule has 1 fully saturated rings. The van der Waals surface area contributed by atoms with Gasteiger partial charge in [-0.05, 0) is 37.3 Å². The van der Waals surface area contributed by atoms with Gasteiger partial charge in [0.05, 0.1) is 0 Å². The molecule has 1 nitrogen and oxygen atoms in total. The van der Waals surface area contributed by atoms with Crippen molar-refractivity contribution in [3.8, 4) is 0 Å². The first-order valence-electron chi connectivity index (χ1n) is 5.77. The molecular weight excluding hydrogens is 170 g/mol. The molecule has 0 saturated heterocycles. The first-order chi connectivity index (χ1) is 6.86. The van der Waals surface area contributed by atoms with Crippen molar-refractivity contribution >= 4 is 0 Å². The van der Waals surface area contributed by atoms with Crippen LogP contribution in [0.5, 0.6) is 0 Å². The lowest BCUT2D eigenvalue weighted by Crippen LogP contribution is -2.11. The Kier molecular flexibility index (Phi) is 3.18. The molecule has 76 valence electrons. The number of hydrogen-bond acceptors (Lipinski definition) is 1. The molecule has 14 heavy (non-hydrogen) atoms. The van der Waals surface area contributed by atoms with Gasteiger partial charge in [0.1, 0.15) is 0 Å². The highest BCUT2D eigenvalue weighted by atomic mass is 14.7. The van der Waals surface area contributed by atoms with Crippen molar-refractivity contribution in [2.75, 3.05) is 0 Å². The molecule has 0 spiro atoms.